The lowest BCUT2D eigenvalue weighted by atomic mass is 10.1. The summed E-state index contributed by atoms with van der Waals surface area (Å²) in [7, 11) is 5.48. The minimum atomic E-state index is 0.769. The Kier molecular flexibility index (Phi) is 6.43. The summed E-state index contributed by atoms with van der Waals surface area (Å²) in [6.45, 7) is 4.00. The van der Waals surface area contributed by atoms with E-state index in [-0.39, 0.29) is 0 Å². The number of nitrogens with zero attached hydrogens (tertiary/aromatic N) is 8. The molecule has 0 aliphatic carbocycles. The Labute approximate surface area is 212 Å². The van der Waals surface area contributed by atoms with Crippen molar-refractivity contribution >= 4 is 28.3 Å². The highest BCUT2D eigenvalue weighted by atomic mass is 32.2. The summed E-state index contributed by atoms with van der Waals surface area (Å²) in [6, 6.07) is 10.1. The van der Waals surface area contributed by atoms with Gasteiger partial charge in [-0.3, -0.25) is 18.7 Å². The molecule has 10 heteroatoms. The number of ether oxygens (including phenoxy) is 1. The normalized spacial score (nSPS) is 11.0. The van der Waals surface area contributed by atoms with Crippen LogP contribution in [0.4, 0.5) is 0 Å². The molecular formula is C26H26N8OS. The topological polar surface area (TPSA) is 87.9 Å². The van der Waals surface area contributed by atoms with Crippen LogP contribution < -0.4 is 4.74 Å². The first-order chi connectivity index (χ1) is 17.6. The molecule has 5 aromatic heterocycles. The Morgan fingerprint density at radius 3 is 2.25 bits per heavy atom. The van der Waals surface area contributed by atoms with E-state index in [1.165, 1.54) is 0 Å². The molecule has 6 rings (SSSR count). The SMILES string of the molecule is CC.COc1c(-c2cnn(C)c2)cnc2ccc(Sc3nnc4ccc(-c5cnn(C)c5)cn34)cc12. The van der Waals surface area contributed by atoms with E-state index in [0.29, 0.717) is 0 Å². The maximum Gasteiger partial charge on any atom is 0.200 e. The van der Waals surface area contributed by atoms with Crippen LogP contribution in [0.15, 0.2) is 77.6 Å². The van der Waals surface area contributed by atoms with Crippen molar-refractivity contribution in [3.63, 3.8) is 0 Å². The van der Waals surface area contributed by atoms with Crippen LogP contribution in [0.2, 0.25) is 0 Å². The number of hydrogen-bond acceptors (Lipinski definition) is 7. The first-order valence-electron chi connectivity index (χ1n) is 11.6. The fourth-order valence-electron chi connectivity index (χ4n) is 3.98. The van der Waals surface area contributed by atoms with E-state index in [2.05, 4.69) is 31.4 Å². The van der Waals surface area contributed by atoms with E-state index in [0.717, 1.165) is 54.6 Å². The van der Waals surface area contributed by atoms with Crippen LogP contribution in [0.3, 0.4) is 0 Å². The highest BCUT2D eigenvalue weighted by Crippen LogP contribution is 2.38. The van der Waals surface area contributed by atoms with Gasteiger partial charge < -0.3 is 4.74 Å². The molecule has 9 nitrogen and oxygen atoms in total. The monoisotopic (exact) mass is 498 g/mol. The van der Waals surface area contributed by atoms with Gasteiger partial charge in [-0.1, -0.05) is 13.8 Å². The third-order valence-electron chi connectivity index (χ3n) is 5.63. The molecule has 0 atom stereocenters. The van der Waals surface area contributed by atoms with Crippen LogP contribution >= 0.6 is 11.8 Å². The van der Waals surface area contributed by atoms with Crippen LogP contribution in [0.25, 0.3) is 38.8 Å². The van der Waals surface area contributed by atoms with Crippen molar-refractivity contribution in [2.45, 2.75) is 23.9 Å². The summed E-state index contributed by atoms with van der Waals surface area (Å²) in [6.07, 6.45) is 11.5. The molecule has 0 spiro atoms. The predicted octanol–water partition coefficient (Wildman–Crippen LogP) is 5.26. The Bertz CT molecular complexity index is 1670. The average Bonchev–Trinajstić information content (AvgIpc) is 3.64. The molecule has 6 aromatic rings. The Morgan fingerprint density at radius 2 is 1.56 bits per heavy atom. The van der Waals surface area contributed by atoms with E-state index >= 15 is 0 Å². The van der Waals surface area contributed by atoms with E-state index < -0.39 is 0 Å². The summed E-state index contributed by atoms with van der Waals surface area (Å²) >= 11 is 1.54. The predicted molar refractivity (Wildman–Crippen MR) is 141 cm³/mol. The molecule has 0 amide bonds. The Morgan fingerprint density at radius 1 is 0.806 bits per heavy atom. The Hall–Kier alpha value is -4.18. The van der Waals surface area contributed by atoms with Crippen molar-refractivity contribution in [1.29, 1.82) is 0 Å². The van der Waals surface area contributed by atoms with Crippen molar-refractivity contribution < 1.29 is 4.74 Å². The van der Waals surface area contributed by atoms with Crippen LogP contribution in [0, 0.1) is 0 Å². The van der Waals surface area contributed by atoms with Gasteiger partial charge in [-0.25, -0.2) is 0 Å². The lowest BCUT2D eigenvalue weighted by Crippen LogP contribution is -1.93. The summed E-state index contributed by atoms with van der Waals surface area (Å²) in [5.74, 6) is 0.769. The molecule has 0 radical (unpaired) electrons. The van der Waals surface area contributed by atoms with Crippen molar-refractivity contribution in [2.24, 2.45) is 14.1 Å². The number of benzene rings is 1. The third-order valence-corrected chi connectivity index (χ3v) is 6.58. The van der Waals surface area contributed by atoms with Crippen molar-refractivity contribution in [1.82, 2.24) is 39.1 Å². The number of aromatic nitrogens is 8. The van der Waals surface area contributed by atoms with Crippen molar-refractivity contribution in [3.8, 4) is 28.0 Å². The molecule has 0 fully saturated rings. The average molecular weight is 499 g/mol. The maximum absolute atomic E-state index is 5.82. The summed E-state index contributed by atoms with van der Waals surface area (Å²) in [4.78, 5) is 5.65. The van der Waals surface area contributed by atoms with Crippen LogP contribution in [0.5, 0.6) is 5.75 Å². The summed E-state index contributed by atoms with van der Waals surface area (Å²) in [5.41, 5.74) is 5.59. The van der Waals surface area contributed by atoms with Gasteiger partial charge in [-0.05, 0) is 42.1 Å². The highest BCUT2D eigenvalue weighted by Gasteiger charge is 2.15. The molecule has 0 unspecified atom stereocenters. The van der Waals surface area contributed by atoms with Gasteiger partial charge in [0.15, 0.2) is 10.8 Å². The maximum atomic E-state index is 5.82. The zero-order valence-electron chi connectivity index (χ0n) is 20.7. The largest absolute Gasteiger partial charge is 0.495 e. The van der Waals surface area contributed by atoms with Crippen molar-refractivity contribution in [2.75, 3.05) is 7.11 Å². The highest BCUT2D eigenvalue weighted by molar-refractivity contribution is 7.99. The second-order valence-electron chi connectivity index (χ2n) is 7.92. The summed E-state index contributed by atoms with van der Waals surface area (Å²) in [5, 5.41) is 19.0. The van der Waals surface area contributed by atoms with E-state index in [4.69, 9.17) is 4.74 Å². The van der Waals surface area contributed by atoms with E-state index in [9.17, 15) is 0 Å². The smallest absolute Gasteiger partial charge is 0.200 e. The lowest BCUT2D eigenvalue weighted by molar-refractivity contribution is 0.421. The number of pyridine rings is 2. The second kappa shape index (κ2) is 9.82. The van der Waals surface area contributed by atoms with Gasteiger partial charge in [0.1, 0.15) is 5.75 Å². The van der Waals surface area contributed by atoms with Crippen molar-refractivity contribution in [3.05, 3.63) is 67.5 Å². The van der Waals surface area contributed by atoms with Crippen LogP contribution in [-0.2, 0) is 14.1 Å². The molecule has 0 aliphatic heterocycles. The number of rotatable bonds is 5. The number of methoxy groups -OCH3 is 1. The second-order valence-corrected chi connectivity index (χ2v) is 8.96. The third kappa shape index (κ3) is 4.31. The molecule has 0 saturated heterocycles. The van der Waals surface area contributed by atoms with Gasteiger partial charge in [0.2, 0.25) is 0 Å². The molecule has 182 valence electrons. The zero-order chi connectivity index (χ0) is 25.2. The quantitative estimate of drug-likeness (QED) is 0.320. The molecule has 0 aliphatic rings. The van der Waals surface area contributed by atoms with Gasteiger partial charge in [0, 0.05) is 71.4 Å². The number of hydrogen-bond donors (Lipinski definition) is 0. The number of aryl methyl sites for hydroxylation is 2. The van der Waals surface area contributed by atoms with Gasteiger partial charge >= 0.3 is 0 Å². The first-order valence-corrected chi connectivity index (χ1v) is 12.4. The van der Waals surface area contributed by atoms with Gasteiger partial charge in [0.25, 0.3) is 0 Å². The first kappa shape index (κ1) is 23.6. The lowest BCUT2D eigenvalue weighted by Gasteiger charge is -2.11. The molecule has 36 heavy (non-hydrogen) atoms. The van der Waals surface area contributed by atoms with Crippen LogP contribution in [0.1, 0.15) is 13.8 Å². The summed E-state index contributed by atoms with van der Waals surface area (Å²) < 4.78 is 11.4. The van der Waals surface area contributed by atoms with E-state index in [1.807, 2.05) is 93.8 Å². The standard InChI is InChI=1S/C24H20N8OS.C2H6/c1-30-12-16(9-26-30)15-4-7-22-28-29-24(32(22)14-15)34-18-5-6-21-19(8-18)23(33-3)20(11-25-21)17-10-27-31(2)13-17;1-2/h4-14H,1-3H3;1-2H3. The Balaban J connectivity index is 0.00000130. The number of fused-ring (bicyclic) bond motifs is 2. The zero-order valence-corrected chi connectivity index (χ0v) is 21.6. The minimum absolute atomic E-state index is 0.769. The van der Waals surface area contributed by atoms with Gasteiger partial charge in [-0.15, -0.1) is 10.2 Å². The van der Waals surface area contributed by atoms with Gasteiger partial charge in [-0.2, -0.15) is 10.2 Å². The molecular weight excluding hydrogens is 472 g/mol. The molecule has 0 N–H and O–H groups in total. The van der Waals surface area contributed by atoms with Gasteiger partial charge in [0.05, 0.1) is 25.0 Å². The fourth-order valence-corrected chi connectivity index (χ4v) is 4.83. The molecule has 0 bridgehead atoms. The minimum Gasteiger partial charge on any atom is -0.495 e. The molecule has 5 heterocycles. The molecule has 0 saturated carbocycles. The molecule has 1 aromatic carbocycles. The van der Waals surface area contributed by atoms with Crippen LogP contribution in [-0.4, -0.2) is 46.3 Å². The fraction of sp³-hybridized carbons (Fsp3) is 0.192. The van der Waals surface area contributed by atoms with E-state index in [1.54, 1.807) is 28.2 Å².